The molecule has 0 rings (SSSR count). The van der Waals surface area contributed by atoms with Crippen LogP contribution in [0.1, 0.15) is 40.5 Å². The molecule has 0 heterocycles. The number of hydrogen-bond acceptors (Lipinski definition) is 5. The minimum Gasteiger partial charge on any atom is -0.459 e. The summed E-state index contributed by atoms with van der Waals surface area (Å²) in [6.45, 7) is 7.13. The molecule has 108 valence electrons. The smallest absolute Gasteiger partial charge is 0.321 e. The van der Waals surface area contributed by atoms with Gasteiger partial charge in [-0.15, -0.1) is 0 Å². The van der Waals surface area contributed by atoms with Gasteiger partial charge in [0.05, 0.1) is 5.75 Å². The predicted molar refractivity (Wildman–Crippen MR) is 72.3 cm³/mol. The molecule has 0 aromatic carbocycles. The molecule has 0 amide bonds. The molecule has 0 aliphatic heterocycles. The van der Waals surface area contributed by atoms with Gasteiger partial charge >= 0.3 is 5.97 Å². The van der Waals surface area contributed by atoms with E-state index in [0.717, 1.165) is 12.8 Å². The average molecular weight is 279 g/mol. The second kappa shape index (κ2) is 7.09. The van der Waals surface area contributed by atoms with E-state index in [-0.39, 0.29) is 11.8 Å². The zero-order chi connectivity index (χ0) is 14.4. The second-order valence-corrected chi connectivity index (χ2v) is 7.52. The highest BCUT2D eigenvalue weighted by Crippen LogP contribution is 2.09. The van der Waals surface area contributed by atoms with Crippen LogP contribution < -0.4 is 5.32 Å². The number of hydrogen-bond donors (Lipinski definition) is 1. The molecule has 1 N–H and O–H groups in total. The Kier molecular flexibility index (Phi) is 6.84. The Morgan fingerprint density at radius 1 is 1.33 bits per heavy atom. The van der Waals surface area contributed by atoms with Crippen LogP contribution in [0.4, 0.5) is 0 Å². The Labute approximate surface area is 110 Å². The Morgan fingerprint density at radius 3 is 2.28 bits per heavy atom. The molecule has 0 saturated heterocycles. The van der Waals surface area contributed by atoms with E-state index < -0.39 is 27.2 Å². The van der Waals surface area contributed by atoms with Crippen molar-refractivity contribution in [2.75, 3.05) is 18.6 Å². The van der Waals surface area contributed by atoms with Crippen LogP contribution in [0, 0.1) is 0 Å². The number of nitrogens with one attached hydrogen (secondary N) is 1. The molecular weight excluding hydrogens is 254 g/mol. The van der Waals surface area contributed by atoms with Crippen molar-refractivity contribution in [2.24, 2.45) is 0 Å². The van der Waals surface area contributed by atoms with Gasteiger partial charge in [0, 0.05) is 6.04 Å². The van der Waals surface area contributed by atoms with E-state index in [1.54, 1.807) is 27.8 Å². The SMILES string of the molecule is CCCC(CS(=O)(=O)CC(=O)OC(C)(C)C)NC. The van der Waals surface area contributed by atoms with Crippen LogP contribution in [0.25, 0.3) is 0 Å². The summed E-state index contributed by atoms with van der Waals surface area (Å²) in [6.07, 6.45) is 1.66. The molecule has 0 aliphatic rings. The highest BCUT2D eigenvalue weighted by molar-refractivity contribution is 7.92. The third-order valence-electron chi connectivity index (χ3n) is 2.26. The van der Waals surface area contributed by atoms with Gasteiger partial charge in [-0.25, -0.2) is 8.42 Å². The molecule has 1 atom stereocenters. The van der Waals surface area contributed by atoms with Crippen LogP contribution in [0.2, 0.25) is 0 Å². The van der Waals surface area contributed by atoms with Crippen LogP contribution >= 0.6 is 0 Å². The average Bonchev–Trinajstić information content (AvgIpc) is 2.12. The van der Waals surface area contributed by atoms with Crippen molar-refractivity contribution in [3.63, 3.8) is 0 Å². The Morgan fingerprint density at radius 2 is 1.89 bits per heavy atom. The van der Waals surface area contributed by atoms with Crippen LogP contribution in [0.3, 0.4) is 0 Å². The van der Waals surface area contributed by atoms with Crippen LogP contribution in [0.5, 0.6) is 0 Å². The summed E-state index contributed by atoms with van der Waals surface area (Å²) < 4.78 is 28.7. The van der Waals surface area contributed by atoms with E-state index in [4.69, 9.17) is 4.74 Å². The predicted octanol–water partition coefficient (Wildman–Crippen LogP) is 1.13. The van der Waals surface area contributed by atoms with Crippen molar-refractivity contribution in [1.29, 1.82) is 0 Å². The van der Waals surface area contributed by atoms with E-state index in [2.05, 4.69) is 5.32 Å². The third kappa shape index (κ3) is 8.47. The number of rotatable bonds is 7. The summed E-state index contributed by atoms with van der Waals surface area (Å²) in [5.41, 5.74) is -0.654. The quantitative estimate of drug-likeness (QED) is 0.707. The van der Waals surface area contributed by atoms with Gasteiger partial charge in [0.15, 0.2) is 9.84 Å². The lowest BCUT2D eigenvalue weighted by atomic mass is 10.2. The van der Waals surface area contributed by atoms with Crippen molar-refractivity contribution in [1.82, 2.24) is 5.32 Å². The van der Waals surface area contributed by atoms with E-state index in [1.807, 2.05) is 6.92 Å². The maximum atomic E-state index is 11.8. The summed E-state index contributed by atoms with van der Waals surface area (Å²) in [5, 5.41) is 2.95. The standard InChI is InChI=1S/C12H25NO4S/c1-6-7-10(13-5)8-18(15,16)9-11(14)17-12(2,3)4/h10,13H,6-9H2,1-5H3. The zero-order valence-electron chi connectivity index (χ0n) is 11.9. The van der Waals surface area contributed by atoms with E-state index >= 15 is 0 Å². The summed E-state index contributed by atoms with van der Waals surface area (Å²) >= 11 is 0. The molecular formula is C12H25NO4S. The van der Waals surface area contributed by atoms with Gasteiger partial charge in [-0.2, -0.15) is 0 Å². The third-order valence-corrected chi connectivity index (χ3v) is 3.84. The van der Waals surface area contributed by atoms with Gasteiger partial charge < -0.3 is 10.1 Å². The molecule has 0 saturated carbocycles. The van der Waals surface area contributed by atoms with Gasteiger partial charge in [-0.05, 0) is 34.2 Å². The zero-order valence-corrected chi connectivity index (χ0v) is 12.8. The summed E-state index contributed by atoms with van der Waals surface area (Å²) in [4.78, 5) is 11.5. The number of carbonyl (C=O) groups is 1. The maximum Gasteiger partial charge on any atom is 0.321 e. The minimum atomic E-state index is -3.42. The van der Waals surface area contributed by atoms with E-state index in [1.165, 1.54) is 0 Å². The fourth-order valence-electron chi connectivity index (χ4n) is 1.58. The van der Waals surface area contributed by atoms with Crippen molar-refractivity contribution in [3.8, 4) is 0 Å². The number of ether oxygens (including phenoxy) is 1. The van der Waals surface area contributed by atoms with Gasteiger partial charge in [-0.1, -0.05) is 13.3 Å². The highest BCUT2D eigenvalue weighted by atomic mass is 32.2. The first-order valence-electron chi connectivity index (χ1n) is 6.19. The number of esters is 1. The maximum absolute atomic E-state index is 11.8. The van der Waals surface area contributed by atoms with Gasteiger partial charge in [0.25, 0.3) is 0 Å². The van der Waals surface area contributed by atoms with E-state index in [0.29, 0.717) is 0 Å². The first-order valence-corrected chi connectivity index (χ1v) is 8.01. The highest BCUT2D eigenvalue weighted by Gasteiger charge is 2.24. The Hall–Kier alpha value is -0.620. The lowest BCUT2D eigenvalue weighted by Crippen LogP contribution is -2.36. The molecule has 0 aliphatic carbocycles. The molecule has 0 fully saturated rings. The largest absolute Gasteiger partial charge is 0.459 e. The summed E-state index contributed by atoms with van der Waals surface area (Å²) in [7, 11) is -1.70. The first kappa shape index (κ1) is 17.4. The molecule has 0 bridgehead atoms. The normalized spacial score (nSPS) is 14.3. The van der Waals surface area contributed by atoms with Crippen molar-refractivity contribution < 1.29 is 17.9 Å². The van der Waals surface area contributed by atoms with Gasteiger partial charge in [0.2, 0.25) is 0 Å². The van der Waals surface area contributed by atoms with Crippen molar-refractivity contribution in [2.45, 2.75) is 52.2 Å². The van der Waals surface area contributed by atoms with Crippen molar-refractivity contribution in [3.05, 3.63) is 0 Å². The minimum absolute atomic E-state index is 0.0312. The van der Waals surface area contributed by atoms with Crippen LogP contribution in [-0.2, 0) is 19.4 Å². The summed E-state index contributed by atoms with van der Waals surface area (Å²) in [5.74, 6) is -1.27. The lowest BCUT2D eigenvalue weighted by Gasteiger charge is -2.20. The molecule has 0 aromatic heterocycles. The van der Waals surface area contributed by atoms with Gasteiger partial charge in [-0.3, -0.25) is 4.79 Å². The van der Waals surface area contributed by atoms with E-state index in [9.17, 15) is 13.2 Å². The molecule has 18 heavy (non-hydrogen) atoms. The fraction of sp³-hybridized carbons (Fsp3) is 0.917. The van der Waals surface area contributed by atoms with Crippen LogP contribution in [0.15, 0.2) is 0 Å². The second-order valence-electron chi connectivity index (χ2n) is 5.42. The van der Waals surface area contributed by atoms with Gasteiger partial charge in [0.1, 0.15) is 11.4 Å². The molecule has 0 spiro atoms. The number of sulfone groups is 1. The molecule has 5 nitrogen and oxygen atoms in total. The monoisotopic (exact) mass is 279 g/mol. The van der Waals surface area contributed by atoms with Crippen LogP contribution in [-0.4, -0.2) is 44.6 Å². The fourth-order valence-corrected chi connectivity index (χ4v) is 3.06. The Balaban J connectivity index is 4.43. The molecule has 1 unspecified atom stereocenters. The van der Waals surface area contributed by atoms with Crippen molar-refractivity contribution >= 4 is 15.8 Å². The lowest BCUT2D eigenvalue weighted by molar-refractivity contribution is -0.151. The molecule has 0 radical (unpaired) electrons. The number of carbonyl (C=O) groups excluding carboxylic acids is 1. The molecule has 6 heteroatoms. The topological polar surface area (TPSA) is 72.5 Å². The Bertz CT molecular complexity index is 357. The summed E-state index contributed by atoms with van der Waals surface area (Å²) in [6, 6.07) is -0.109. The first-order chi connectivity index (χ1) is 8.09. The molecule has 0 aromatic rings.